The number of halogens is 3. The van der Waals surface area contributed by atoms with Gasteiger partial charge in [-0.25, -0.2) is 0 Å². The third-order valence-electron chi connectivity index (χ3n) is 0.782. The summed E-state index contributed by atoms with van der Waals surface area (Å²) in [6, 6.07) is 0. The molecule has 0 fully saturated rings. The Morgan fingerprint density at radius 2 is 1.75 bits per heavy atom. The van der Waals surface area contributed by atoms with Gasteiger partial charge < -0.3 is 5.32 Å². The quantitative estimate of drug-likeness (QED) is 0.701. The fraction of sp³-hybridized carbons (Fsp3) is 0.857. The van der Waals surface area contributed by atoms with Crippen LogP contribution in [0.4, 0.5) is 13.2 Å². The average molecular weight is 185 g/mol. The Balaban J connectivity index is 0. The maximum atomic E-state index is 11.4. The van der Waals surface area contributed by atoms with Gasteiger partial charge in [-0.05, 0) is 0 Å². The zero-order valence-corrected chi connectivity index (χ0v) is 7.46. The van der Waals surface area contributed by atoms with E-state index >= 15 is 0 Å². The van der Waals surface area contributed by atoms with E-state index in [-0.39, 0.29) is 6.54 Å². The van der Waals surface area contributed by atoms with Gasteiger partial charge in [0, 0.05) is 13.5 Å². The van der Waals surface area contributed by atoms with Gasteiger partial charge >= 0.3 is 6.18 Å². The van der Waals surface area contributed by atoms with Gasteiger partial charge in [0.15, 0.2) is 0 Å². The second-order valence-electron chi connectivity index (χ2n) is 1.85. The summed E-state index contributed by atoms with van der Waals surface area (Å²) < 4.78 is 34.1. The first kappa shape index (κ1) is 13.8. The van der Waals surface area contributed by atoms with Gasteiger partial charge in [-0.2, -0.15) is 13.2 Å². The first-order chi connectivity index (χ1) is 5.42. The Morgan fingerprint density at radius 1 is 1.33 bits per heavy atom. The number of carbonyl (C=O) groups is 1. The number of nitrogens with one attached hydrogen (secondary N) is 1. The van der Waals surface area contributed by atoms with Crippen LogP contribution in [0, 0.1) is 0 Å². The van der Waals surface area contributed by atoms with Crippen LogP contribution in [0.2, 0.25) is 0 Å². The minimum absolute atomic E-state index is 0.334. The summed E-state index contributed by atoms with van der Waals surface area (Å²) in [6.45, 7) is 4.84. The molecule has 0 aliphatic carbocycles. The van der Waals surface area contributed by atoms with Crippen molar-refractivity contribution < 1.29 is 18.0 Å². The van der Waals surface area contributed by atoms with Crippen molar-refractivity contribution in [1.29, 1.82) is 0 Å². The van der Waals surface area contributed by atoms with Crippen molar-refractivity contribution in [3.63, 3.8) is 0 Å². The highest BCUT2D eigenvalue weighted by atomic mass is 19.4. The van der Waals surface area contributed by atoms with E-state index in [1.165, 1.54) is 6.92 Å². The number of amides is 1. The highest BCUT2D eigenvalue weighted by molar-refractivity contribution is 5.72. The standard InChI is InChI=1S/C5H8F3NO.C2H6/c1-4(10)9-3-2-5(6,7)8;1-2/h2-3H2,1H3,(H,9,10);1-2H3. The lowest BCUT2D eigenvalue weighted by atomic mass is 10.4. The van der Waals surface area contributed by atoms with Crippen molar-refractivity contribution >= 4 is 5.91 Å². The van der Waals surface area contributed by atoms with E-state index in [1.54, 1.807) is 0 Å². The molecule has 2 nitrogen and oxygen atoms in total. The van der Waals surface area contributed by atoms with E-state index in [0.29, 0.717) is 0 Å². The molecule has 74 valence electrons. The summed E-state index contributed by atoms with van der Waals surface area (Å²) in [7, 11) is 0. The Morgan fingerprint density at radius 3 is 2.00 bits per heavy atom. The molecule has 0 rings (SSSR count). The normalized spacial score (nSPS) is 9.83. The van der Waals surface area contributed by atoms with Gasteiger partial charge in [0.1, 0.15) is 0 Å². The van der Waals surface area contributed by atoms with Crippen LogP contribution in [0.1, 0.15) is 27.2 Å². The summed E-state index contributed by atoms with van der Waals surface area (Å²) >= 11 is 0. The number of carbonyl (C=O) groups excluding carboxylic acids is 1. The van der Waals surface area contributed by atoms with Crippen molar-refractivity contribution in [2.75, 3.05) is 6.54 Å². The van der Waals surface area contributed by atoms with Crippen LogP contribution in [0.3, 0.4) is 0 Å². The summed E-state index contributed by atoms with van der Waals surface area (Å²) in [5.41, 5.74) is 0. The summed E-state index contributed by atoms with van der Waals surface area (Å²) in [4.78, 5) is 10.1. The zero-order valence-electron chi connectivity index (χ0n) is 7.46. The van der Waals surface area contributed by atoms with Gasteiger partial charge in [0.25, 0.3) is 0 Å². The van der Waals surface area contributed by atoms with Crippen LogP contribution >= 0.6 is 0 Å². The third kappa shape index (κ3) is 16.1. The maximum Gasteiger partial charge on any atom is 0.390 e. The fourth-order valence-electron chi connectivity index (χ4n) is 0.380. The Labute approximate surface area is 70.1 Å². The molecule has 0 aromatic rings. The van der Waals surface area contributed by atoms with Crippen LogP contribution < -0.4 is 5.32 Å². The smallest absolute Gasteiger partial charge is 0.356 e. The number of hydrogen-bond acceptors (Lipinski definition) is 1. The van der Waals surface area contributed by atoms with E-state index in [4.69, 9.17) is 0 Å². The molecule has 0 spiro atoms. The molecule has 0 bridgehead atoms. The van der Waals surface area contributed by atoms with Crippen LogP contribution in [0.15, 0.2) is 0 Å². The molecule has 5 heteroatoms. The third-order valence-corrected chi connectivity index (χ3v) is 0.782. The zero-order chi connectivity index (χ0) is 10.2. The van der Waals surface area contributed by atoms with Gasteiger partial charge in [-0.1, -0.05) is 13.8 Å². The molecule has 0 aliphatic rings. The predicted octanol–water partition coefficient (Wildman–Crippen LogP) is 2.10. The molecule has 0 atom stereocenters. The Bertz CT molecular complexity index is 122. The lowest BCUT2D eigenvalue weighted by Crippen LogP contribution is -2.25. The summed E-state index contributed by atoms with van der Waals surface area (Å²) in [5.74, 6) is -0.441. The Kier molecular flexibility index (Phi) is 7.99. The number of hydrogen-bond donors (Lipinski definition) is 1. The van der Waals surface area contributed by atoms with Crippen LogP contribution in [0.5, 0.6) is 0 Å². The van der Waals surface area contributed by atoms with Crippen molar-refractivity contribution in [1.82, 2.24) is 5.32 Å². The molecule has 0 heterocycles. The van der Waals surface area contributed by atoms with Crippen LogP contribution in [-0.4, -0.2) is 18.6 Å². The molecule has 0 aliphatic heterocycles. The largest absolute Gasteiger partial charge is 0.390 e. The summed E-state index contributed by atoms with van der Waals surface area (Å²) in [6.07, 6.45) is -5.14. The lowest BCUT2D eigenvalue weighted by Gasteiger charge is -2.05. The number of rotatable bonds is 2. The highest BCUT2D eigenvalue weighted by Crippen LogP contribution is 2.17. The van der Waals surface area contributed by atoms with Crippen molar-refractivity contribution in [3.05, 3.63) is 0 Å². The van der Waals surface area contributed by atoms with Gasteiger partial charge in [-0.3, -0.25) is 4.79 Å². The molecule has 0 aromatic heterocycles. The first-order valence-corrected chi connectivity index (χ1v) is 3.73. The molecule has 0 saturated heterocycles. The van der Waals surface area contributed by atoms with E-state index in [9.17, 15) is 18.0 Å². The van der Waals surface area contributed by atoms with Gasteiger partial charge in [0.05, 0.1) is 6.42 Å². The molecule has 1 N–H and O–H groups in total. The molecule has 0 saturated carbocycles. The minimum Gasteiger partial charge on any atom is -0.356 e. The molecule has 0 aromatic carbocycles. The lowest BCUT2D eigenvalue weighted by molar-refractivity contribution is -0.135. The SMILES string of the molecule is CC.CC(=O)NCCC(F)(F)F. The molecular weight excluding hydrogens is 171 g/mol. The van der Waals surface area contributed by atoms with Gasteiger partial charge in [0.2, 0.25) is 5.91 Å². The molecule has 0 unspecified atom stereocenters. The molecule has 1 amide bonds. The monoisotopic (exact) mass is 185 g/mol. The second kappa shape index (κ2) is 6.94. The van der Waals surface area contributed by atoms with E-state index < -0.39 is 18.5 Å². The number of alkyl halides is 3. The van der Waals surface area contributed by atoms with Gasteiger partial charge in [-0.15, -0.1) is 0 Å². The second-order valence-corrected chi connectivity index (χ2v) is 1.85. The first-order valence-electron chi connectivity index (χ1n) is 3.73. The van der Waals surface area contributed by atoms with E-state index in [0.717, 1.165) is 0 Å². The minimum atomic E-state index is -4.18. The summed E-state index contributed by atoms with van der Waals surface area (Å²) in [5, 5.41) is 2.04. The van der Waals surface area contributed by atoms with E-state index in [1.807, 2.05) is 19.2 Å². The molecule has 0 radical (unpaired) electrons. The maximum absolute atomic E-state index is 11.4. The fourth-order valence-corrected chi connectivity index (χ4v) is 0.380. The van der Waals surface area contributed by atoms with Crippen LogP contribution in [0.25, 0.3) is 0 Å². The Hall–Kier alpha value is -0.740. The van der Waals surface area contributed by atoms with Crippen molar-refractivity contribution in [2.24, 2.45) is 0 Å². The average Bonchev–Trinajstić information content (AvgIpc) is 1.88. The molecular formula is C7H14F3NO. The van der Waals surface area contributed by atoms with Crippen molar-refractivity contribution in [3.8, 4) is 0 Å². The van der Waals surface area contributed by atoms with E-state index in [2.05, 4.69) is 0 Å². The molecule has 12 heavy (non-hydrogen) atoms. The van der Waals surface area contributed by atoms with Crippen molar-refractivity contribution in [2.45, 2.75) is 33.4 Å². The van der Waals surface area contributed by atoms with Crippen LogP contribution in [-0.2, 0) is 4.79 Å². The topological polar surface area (TPSA) is 29.1 Å². The predicted molar refractivity (Wildman–Crippen MR) is 40.7 cm³/mol. The highest BCUT2D eigenvalue weighted by Gasteiger charge is 2.26.